The maximum absolute atomic E-state index is 12.7. The van der Waals surface area contributed by atoms with Gasteiger partial charge >= 0.3 is 14.5 Å². The molecular formula is C14H23N2O5SSi+. The Morgan fingerprint density at radius 2 is 2.13 bits per heavy atom. The number of aromatic amines is 1. The van der Waals surface area contributed by atoms with Gasteiger partial charge in [0, 0.05) is 23.1 Å². The minimum atomic E-state index is -1.31. The Morgan fingerprint density at radius 1 is 1.43 bits per heavy atom. The Bertz CT molecular complexity index is 674. The van der Waals surface area contributed by atoms with Crippen molar-refractivity contribution in [3.05, 3.63) is 33.1 Å². The molecule has 0 radical (unpaired) electrons. The van der Waals surface area contributed by atoms with Gasteiger partial charge in [-0.2, -0.15) is 0 Å². The summed E-state index contributed by atoms with van der Waals surface area (Å²) in [5.74, 6) is 0.484. The second kappa shape index (κ2) is 7.69. The van der Waals surface area contributed by atoms with Gasteiger partial charge in [0.1, 0.15) is 5.25 Å². The van der Waals surface area contributed by atoms with E-state index in [1.807, 2.05) is 6.92 Å². The second-order valence-electron chi connectivity index (χ2n) is 5.99. The molecule has 7 nitrogen and oxygen atoms in total. The summed E-state index contributed by atoms with van der Waals surface area (Å²) in [7, 11) is -1.83. The molecule has 3 unspecified atom stereocenters. The Hall–Kier alpha value is -1.03. The van der Waals surface area contributed by atoms with Crippen LogP contribution in [-0.2, 0) is 15.5 Å². The SMILES string of the molecule is CC[C@H]1O[C@@H](n2ccc(=O)[nH]c2=O)C(S(=O)CC[Si+](C)C)C1O. The van der Waals surface area contributed by atoms with Gasteiger partial charge < -0.3 is 9.84 Å². The molecule has 0 amide bonds. The highest BCUT2D eigenvalue weighted by molar-refractivity contribution is 7.85. The summed E-state index contributed by atoms with van der Waals surface area (Å²) in [5, 5.41) is 9.79. The van der Waals surface area contributed by atoms with Crippen LogP contribution in [0.15, 0.2) is 21.9 Å². The average Bonchev–Trinajstić information content (AvgIpc) is 2.81. The first kappa shape index (κ1) is 18.3. The van der Waals surface area contributed by atoms with Crippen LogP contribution in [0.1, 0.15) is 19.6 Å². The minimum Gasteiger partial charge on any atom is -0.389 e. The van der Waals surface area contributed by atoms with Crippen LogP contribution in [-0.4, -0.2) is 50.9 Å². The summed E-state index contributed by atoms with van der Waals surface area (Å²) in [4.78, 5) is 25.4. The van der Waals surface area contributed by atoms with E-state index in [4.69, 9.17) is 4.74 Å². The average molecular weight is 360 g/mol. The molecule has 2 N–H and O–H groups in total. The highest BCUT2D eigenvalue weighted by Crippen LogP contribution is 2.33. The largest absolute Gasteiger partial charge is 0.389 e. The number of nitrogens with one attached hydrogen (secondary N) is 1. The lowest BCUT2D eigenvalue weighted by molar-refractivity contribution is -0.0215. The number of aliphatic hydroxyl groups is 1. The lowest BCUT2D eigenvalue weighted by Crippen LogP contribution is -2.40. The monoisotopic (exact) mass is 359 g/mol. The number of rotatable bonds is 6. The van der Waals surface area contributed by atoms with E-state index in [0.717, 1.165) is 6.04 Å². The van der Waals surface area contributed by atoms with Crippen LogP contribution in [0.4, 0.5) is 0 Å². The Balaban J connectivity index is 2.32. The third-order valence-corrected chi connectivity index (χ3v) is 7.28. The van der Waals surface area contributed by atoms with Crippen molar-refractivity contribution in [3.63, 3.8) is 0 Å². The summed E-state index contributed by atoms with van der Waals surface area (Å²) in [5.41, 5.74) is -1.12. The van der Waals surface area contributed by atoms with Crippen LogP contribution in [0.25, 0.3) is 0 Å². The maximum atomic E-state index is 12.7. The topological polar surface area (TPSA) is 101 Å². The number of hydrogen-bond donors (Lipinski definition) is 2. The molecule has 1 fully saturated rings. The number of aromatic nitrogens is 2. The summed E-state index contributed by atoms with van der Waals surface area (Å²) in [6.45, 7) is 6.15. The summed E-state index contributed by atoms with van der Waals surface area (Å²) in [6, 6.07) is 2.08. The van der Waals surface area contributed by atoms with E-state index in [1.165, 1.54) is 16.8 Å². The van der Waals surface area contributed by atoms with E-state index < -0.39 is 54.5 Å². The van der Waals surface area contributed by atoms with Crippen LogP contribution >= 0.6 is 0 Å². The van der Waals surface area contributed by atoms with Gasteiger partial charge in [0.25, 0.3) is 5.56 Å². The van der Waals surface area contributed by atoms with Crippen molar-refractivity contribution in [2.45, 2.75) is 56.2 Å². The van der Waals surface area contributed by atoms with Gasteiger partial charge in [-0.1, -0.05) is 6.92 Å². The van der Waals surface area contributed by atoms with Gasteiger partial charge in [-0.15, -0.1) is 0 Å². The van der Waals surface area contributed by atoms with Crippen LogP contribution in [0.3, 0.4) is 0 Å². The Labute approximate surface area is 138 Å². The number of nitrogens with zero attached hydrogens (tertiary/aromatic N) is 1. The zero-order chi connectivity index (χ0) is 17.1. The first-order valence-electron chi connectivity index (χ1n) is 7.66. The van der Waals surface area contributed by atoms with Crippen molar-refractivity contribution >= 4 is 19.6 Å². The van der Waals surface area contributed by atoms with Crippen LogP contribution in [0, 0.1) is 0 Å². The molecule has 0 aromatic carbocycles. The van der Waals surface area contributed by atoms with Crippen molar-refractivity contribution < 1.29 is 14.1 Å². The standard InChI is InChI=1S/C14H22N2O5SSi/c1-4-9-11(18)12(22(20)7-8-23(2)3)13(21-9)16-6-5-10(17)15-14(16)19/h5-6,9,11-13,18H,4,7-8H2,1-3H3/p+1/t9-,11?,12?,13-,22?/m1/s1. The number of H-pyrrole nitrogens is 1. The molecule has 1 aliphatic heterocycles. The molecule has 1 saturated heterocycles. The molecular weight excluding hydrogens is 336 g/mol. The van der Waals surface area contributed by atoms with Crippen molar-refractivity contribution in [1.82, 2.24) is 9.55 Å². The number of hydrogen-bond acceptors (Lipinski definition) is 5. The third-order valence-electron chi connectivity index (χ3n) is 3.95. The van der Waals surface area contributed by atoms with E-state index in [0.29, 0.717) is 12.2 Å². The summed E-state index contributed by atoms with van der Waals surface area (Å²) < 4.78 is 19.7. The van der Waals surface area contributed by atoms with Crippen LogP contribution in [0.2, 0.25) is 19.1 Å². The number of ether oxygens (including phenoxy) is 1. The predicted molar refractivity (Wildman–Crippen MR) is 90.6 cm³/mol. The van der Waals surface area contributed by atoms with Gasteiger partial charge in [-0.05, 0) is 6.42 Å². The molecule has 0 saturated carbocycles. The van der Waals surface area contributed by atoms with Crippen molar-refractivity contribution in [2.24, 2.45) is 0 Å². The lowest BCUT2D eigenvalue weighted by Gasteiger charge is -2.20. The lowest BCUT2D eigenvalue weighted by atomic mass is 10.1. The van der Waals surface area contributed by atoms with Gasteiger partial charge in [0.15, 0.2) is 6.23 Å². The highest BCUT2D eigenvalue weighted by atomic mass is 32.2. The van der Waals surface area contributed by atoms with E-state index in [9.17, 15) is 18.9 Å². The molecule has 128 valence electrons. The van der Waals surface area contributed by atoms with Crippen molar-refractivity contribution in [3.8, 4) is 0 Å². The molecule has 0 bridgehead atoms. The smallest absolute Gasteiger partial charge is 0.330 e. The molecule has 1 aromatic rings. The first-order valence-corrected chi connectivity index (χ1v) is 11.7. The van der Waals surface area contributed by atoms with Crippen molar-refractivity contribution in [1.29, 1.82) is 0 Å². The maximum Gasteiger partial charge on any atom is 0.330 e. The molecule has 23 heavy (non-hydrogen) atoms. The molecule has 2 heterocycles. The quantitative estimate of drug-likeness (QED) is 0.700. The zero-order valence-corrected chi connectivity index (χ0v) is 15.3. The third kappa shape index (κ3) is 4.09. The Morgan fingerprint density at radius 3 is 2.70 bits per heavy atom. The van der Waals surface area contributed by atoms with Crippen molar-refractivity contribution in [2.75, 3.05) is 5.75 Å². The Kier molecular flexibility index (Phi) is 6.12. The summed E-state index contributed by atoms with van der Waals surface area (Å²) in [6.07, 6.45) is -0.310. The molecule has 9 heteroatoms. The second-order valence-corrected chi connectivity index (χ2v) is 10.6. The zero-order valence-electron chi connectivity index (χ0n) is 13.5. The fourth-order valence-corrected chi connectivity index (χ4v) is 6.28. The summed E-state index contributed by atoms with van der Waals surface area (Å²) >= 11 is 0. The molecule has 0 aliphatic carbocycles. The van der Waals surface area contributed by atoms with Gasteiger partial charge in [0.05, 0.1) is 37.1 Å². The van der Waals surface area contributed by atoms with Gasteiger partial charge in [0.2, 0.25) is 0 Å². The first-order chi connectivity index (χ1) is 10.8. The molecule has 1 aliphatic rings. The normalized spacial score (nSPS) is 28.7. The fourth-order valence-electron chi connectivity index (χ4n) is 2.63. The number of aliphatic hydroxyl groups excluding tert-OH is 1. The van der Waals surface area contributed by atoms with E-state index in [-0.39, 0.29) is 0 Å². The van der Waals surface area contributed by atoms with E-state index >= 15 is 0 Å². The molecule has 1 aromatic heterocycles. The predicted octanol–water partition coefficient (Wildman–Crippen LogP) is 0.0766. The van der Waals surface area contributed by atoms with Gasteiger partial charge in [-0.25, -0.2) is 4.79 Å². The van der Waals surface area contributed by atoms with Gasteiger partial charge in [-0.3, -0.25) is 18.6 Å². The minimum absolute atomic E-state index is 0.471. The van der Waals surface area contributed by atoms with E-state index in [2.05, 4.69) is 18.1 Å². The van der Waals surface area contributed by atoms with E-state index in [1.54, 1.807) is 0 Å². The molecule has 5 atom stereocenters. The highest BCUT2D eigenvalue weighted by Gasteiger charge is 2.47. The molecule has 2 rings (SSSR count). The fraction of sp³-hybridized carbons (Fsp3) is 0.714. The van der Waals surface area contributed by atoms with Crippen LogP contribution in [0.5, 0.6) is 0 Å². The van der Waals surface area contributed by atoms with Crippen LogP contribution < -0.4 is 11.2 Å². The molecule has 0 spiro atoms.